The zero-order valence-corrected chi connectivity index (χ0v) is 16.5. The van der Waals surface area contributed by atoms with Gasteiger partial charge in [0.05, 0.1) is 18.0 Å². The summed E-state index contributed by atoms with van der Waals surface area (Å²) in [6, 6.07) is 1.32. The van der Waals surface area contributed by atoms with Crippen LogP contribution in [0.3, 0.4) is 0 Å². The minimum Gasteiger partial charge on any atom is -0.489 e. The van der Waals surface area contributed by atoms with Crippen molar-refractivity contribution in [1.82, 2.24) is 20.0 Å². The average Bonchev–Trinajstić information content (AvgIpc) is 3.15. The topological polar surface area (TPSA) is 90.6 Å². The molecule has 8 nitrogen and oxygen atoms in total. The highest BCUT2D eigenvalue weighted by molar-refractivity contribution is 5.83. The van der Waals surface area contributed by atoms with Crippen LogP contribution in [0.4, 0.5) is 13.2 Å². The number of carbonyl (C=O) groups excluding carboxylic acids is 1. The zero-order chi connectivity index (χ0) is 21.5. The molecule has 0 aliphatic carbocycles. The molecule has 1 fully saturated rings. The van der Waals surface area contributed by atoms with Crippen LogP contribution in [0, 0.1) is 5.41 Å². The van der Waals surface area contributed by atoms with Gasteiger partial charge in [-0.15, -0.1) is 0 Å². The molecule has 2 aliphatic heterocycles. The fraction of sp³-hybridized carbons (Fsp3) is 0.579. The molecule has 0 saturated carbocycles. The van der Waals surface area contributed by atoms with E-state index in [0.717, 1.165) is 0 Å². The van der Waals surface area contributed by atoms with Crippen molar-refractivity contribution in [3.8, 4) is 17.1 Å². The summed E-state index contributed by atoms with van der Waals surface area (Å²) in [4.78, 5) is 22.7. The molecule has 0 aromatic carbocycles. The minimum absolute atomic E-state index is 0.0219. The van der Waals surface area contributed by atoms with Crippen LogP contribution in [-0.2, 0) is 22.3 Å². The summed E-state index contributed by atoms with van der Waals surface area (Å²) >= 11 is 0. The molecule has 1 saturated heterocycles. The van der Waals surface area contributed by atoms with Crippen molar-refractivity contribution in [3.05, 3.63) is 23.8 Å². The standard InChI is InChI=1S/C19H21F3N4O4/c1-11-10-29-14-7-12(15-24-16(30-25-15)19(20,21)22)8-23-13(14)9-26(11)17(27)18(2)3-5-28-6-4-18/h7-8,11H,3-6,9-10H2,1-2H3. The molecule has 0 N–H and O–H groups in total. The number of alkyl halides is 3. The monoisotopic (exact) mass is 426 g/mol. The van der Waals surface area contributed by atoms with Crippen molar-refractivity contribution in [2.75, 3.05) is 19.8 Å². The highest BCUT2D eigenvalue weighted by atomic mass is 19.4. The van der Waals surface area contributed by atoms with Crippen molar-refractivity contribution >= 4 is 5.91 Å². The van der Waals surface area contributed by atoms with E-state index in [2.05, 4.69) is 19.6 Å². The lowest BCUT2D eigenvalue weighted by atomic mass is 9.80. The highest BCUT2D eigenvalue weighted by Crippen LogP contribution is 2.36. The Morgan fingerprint density at radius 2 is 2.03 bits per heavy atom. The Bertz CT molecular complexity index is 940. The number of fused-ring (bicyclic) bond motifs is 1. The number of amides is 1. The number of rotatable bonds is 2. The number of pyridine rings is 1. The Labute approximate surface area is 170 Å². The van der Waals surface area contributed by atoms with E-state index < -0.39 is 17.5 Å². The maximum atomic E-state index is 13.3. The van der Waals surface area contributed by atoms with Crippen LogP contribution in [0.15, 0.2) is 16.8 Å². The third-order valence-corrected chi connectivity index (χ3v) is 5.56. The molecule has 1 unspecified atom stereocenters. The maximum absolute atomic E-state index is 13.3. The van der Waals surface area contributed by atoms with E-state index in [-0.39, 0.29) is 36.5 Å². The van der Waals surface area contributed by atoms with Crippen LogP contribution in [0.25, 0.3) is 11.4 Å². The Kier molecular flexibility index (Phi) is 5.16. The Balaban J connectivity index is 1.59. The molecule has 1 atom stereocenters. The van der Waals surface area contributed by atoms with Crippen LogP contribution in [-0.4, -0.2) is 51.8 Å². The third kappa shape index (κ3) is 3.85. The predicted molar refractivity (Wildman–Crippen MR) is 96.2 cm³/mol. The second-order valence-corrected chi connectivity index (χ2v) is 7.86. The average molecular weight is 426 g/mol. The SMILES string of the molecule is CC1COc2cc(-c3noc(C(F)(F)F)n3)cnc2CN1C(=O)C1(C)CCOCC1. The fourth-order valence-corrected chi connectivity index (χ4v) is 3.57. The number of ether oxygens (including phenoxy) is 2. The van der Waals surface area contributed by atoms with Crippen molar-refractivity contribution < 1.29 is 32.0 Å². The van der Waals surface area contributed by atoms with E-state index in [1.807, 2.05) is 13.8 Å². The van der Waals surface area contributed by atoms with E-state index in [1.165, 1.54) is 12.3 Å². The van der Waals surface area contributed by atoms with Gasteiger partial charge in [0.1, 0.15) is 18.1 Å². The van der Waals surface area contributed by atoms with Crippen molar-refractivity contribution in [3.63, 3.8) is 0 Å². The lowest BCUT2D eigenvalue weighted by Crippen LogP contribution is -2.49. The van der Waals surface area contributed by atoms with Gasteiger partial charge in [-0.05, 0) is 25.8 Å². The van der Waals surface area contributed by atoms with Crippen molar-refractivity contribution in [1.29, 1.82) is 0 Å². The van der Waals surface area contributed by atoms with Gasteiger partial charge in [0.25, 0.3) is 0 Å². The molecule has 30 heavy (non-hydrogen) atoms. The maximum Gasteiger partial charge on any atom is 0.471 e. The van der Waals surface area contributed by atoms with Gasteiger partial charge < -0.3 is 18.9 Å². The summed E-state index contributed by atoms with van der Waals surface area (Å²) in [5.41, 5.74) is 0.249. The van der Waals surface area contributed by atoms with Gasteiger partial charge in [0.2, 0.25) is 11.7 Å². The molecular weight excluding hydrogens is 405 g/mol. The molecule has 11 heteroatoms. The van der Waals surface area contributed by atoms with E-state index in [0.29, 0.717) is 37.5 Å². The lowest BCUT2D eigenvalue weighted by Gasteiger charge is -2.38. The number of nitrogens with zero attached hydrogens (tertiary/aromatic N) is 4. The number of hydrogen-bond donors (Lipinski definition) is 0. The zero-order valence-electron chi connectivity index (χ0n) is 16.5. The Morgan fingerprint density at radius 3 is 2.70 bits per heavy atom. The Morgan fingerprint density at radius 1 is 1.30 bits per heavy atom. The van der Waals surface area contributed by atoms with Gasteiger partial charge in [-0.25, -0.2) is 0 Å². The van der Waals surface area contributed by atoms with E-state index in [9.17, 15) is 18.0 Å². The summed E-state index contributed by atoms with van der Waals surface area (Å²) in [5, 5.41) is 3.38. The largest absolute Gasteiger partial charge is 0.489 e. The first-order chi connectivity index (χ1) is 14.2. The van der Waals surface area contributed by atoms with Gasteiger partial charge in [-0.3, -0.25) is 9.78 Å². The van der Waals surface area contributed by atoms with E-state index in [4.69, 9.17) is 9.47 Å². The lowest BCUT2D eigenvalue weighted by molar-refractivity contribution is -0.159. The van der Waals surface area contributed by atoms with Crippen LogP contribution >= 0.6 is 0 Å². The second kappa shape index (κ2) is 7.53. The molecule has 2 aromatic heterocycles. The van der Waals surface area contributed by atoms with Gasteiger partial charge in [-0.1, -0.05) is 12.1 Å². The second-order valence-electron chi connectivity index (χ2n) is 7.86. The summed E-state index contributed by atoms with van der Waals surface area (Å²) in [7, 11) is 0. The van der Waals surface area contributed by atoms with Crippen LogP contribution < -0.4 is 4.74 Å². The molecule has 0 radical (unpaired) electrons. The van der Waals surface area contributed by atoms with Crippen LogP contribution in [0.5, 0.6) is 5.75 Å². The van der Waals surface area contributed by atoms with Gasteiger partial charge >= 0.3 is 12.1 Å². The normalized spacial score (nSPS) is 21.5. The number of aromatic nitrogens is 3. The fourth-order valence-electron chi connectivity index (χ4n) is 3.57. The summed E-state index contributed by atoms with van der Waals surface area (Å²) < 4.78 is 53.6. The molecule has 1 amide bonds. The van der Waals surface area contributed by atoms with Gasteiger partial charge in [0.15, 0.2) is 0 Å². The highest BCUT2D eigenvalue weighted by Gasteiger charge is 2.41. The molecule has 4 rings (SSSR count). The molecule has 162 valence electrons. The number of hydrogen-bond acceptors (Lipinski definition) is 7. The first-order valence-electron chi connectivity index (χ1n) is 9.59. The minimum atomic E-state index is -4.72. The third-order valence-electron chi connectivity index (χ3n) is 5.56. The predicted octanol–water partition coefficient (Wildman–Crippen LogP) is 3.08. The van der Waals surface area contributed by atoms with Gasteiger partial charge in [-0.2, -0.15) is 18.2 Å². The summed E-state index contributed by atoms with van der Waals surface area (Å²) in [6.45, 7) is 5.40. The van der Waals surface area contributed by atoms with Crippen LogP contribution in [0.2, 0.25) is 0 Å². The van der Waals surface area contributed by atoms with Crippen molar-refractivity contribution in [2.24, 2.45) is 5.41 Å². The molecule has 2 aliphatic rings. The molecule has 2 aromatic rings. The number of carbonyl (C=O) groups is 1. The van der Waals surface area contributed by atoms with Crippen molar-refractivity contribution in [2.45, 2.75) is 45.5 Å². The molecule has 0 spiro atoms. The first kappa shape index (κ1) is 20.6. The molecular formula is C19H21F3N4O4. The molecule has 0 bridgehead atoms. The van der Waals surface area contributed by atoms with E-state index in [1.54, 1.807) is 4.90 Å². The van der Waals surface area contributed by atoms with E-state index >= 15 is 0 Å². The summed E-state index contributed by atoms with van der Waals surface area (Å²) in [5.74, 6) is -1.26. The van der Waals surface area contributed by atoms with Crippen LogP contribution in [0.1, 0.15) is 38.3 Å². The van der Waals surface area contributed by atoms with Gasteiger partial charge in [0, 0.05) is 25.0 Å². The summed E-state index contributed by atoms with van der Waals surface area (Å²) in [6.07, 6.45) is -2.08. The quantitative estimate of drug-likeness (QED) is 0.729. The Hall–Kier alpha value is -2.69. The first-order valence-corrected chi connectivity index (χ1v) is 9.59. The smallest absolute Gasteiger partial charge is 0.471 e. The number of halogens is 3. The molecule has 4 heterocycles.